The van der Waals surface area contributed by atoms with Crippen molar-refractivity contribution in [3.05, 3.63) is 39.9 Å². The van der Waals surface area contributed by atoms with Gasteiger partial charge >= 0.3 is 0 Å². The molecule has 2 fully saturated rings. The summed E-state index contributed by atoms with van der Waals surface area (Å²) in [5.74, 6) is -0.0936. The van der Waals surface area contributed by atoms with E-state index in [0.29, 0.717) is 25.2 Å². The van der Waals surface area contributed by atoms with Crippen molar-refractivity contribution < 1.29 is 14.5 Å². The lowest BCUT2D eigenvalue weighted by Gasteiger charge is -2.42. The highest BCUT2D eigenvalue weighted by Crippen LogP contribution is 2.21. The first kappa shape index (κ1) is 19.3. The average Bonchev–Trinajstić information content (AvgIpc) is 3.14. The summed E-state index contributed by atoms with van der Waals surface area (Å²) in [4.78, 5) is 41.5. The minimum absolute atomic E-state index is 0.00760. The predicted octanol–water partition coefficient (Wildman–Crippen LogP) is 1.29. The Morgan fingerprint density at radius 1 is 1.15 bits per heavy atom. The average molecular weight is 374 g/mol. The molecule has 2 aliphatic rings. The molecule has 2 saturated heterocycles. The first-order chi connectivity index (χ1) is 13.0. The second kappa shape index (κ2) is 8.47. The second-order valence-corrected chi connectivity index (χ2v) is 7.28. The van der Waals surface area contributed by atoms with Crippen LogP contribution < -0.4 is 0 Å². The summed E-state index contributed by atoms with van der Waals surface area (Å²) in [6, 6.07) is 6.34. The van der Waals surface area contributed by atoms with E-state index in [1.807, 2.05) is 4.90 Å². The maximum Gasteiger partial charge on any atom is 0.273 e. The zero-order chi connectivity index (χ0) is 19.4. The Hall–Kier alpha value is -2.48. The molecule has 27 heavy (non-hydrogen) atoms. The zero-order valence-electron chi connectivity index (χ0n) is 15.7. The molecule has 1 unspecified atom stereocenters. The van der Waals surface area contributed by atoms with E-state index in [2.05, 4.69) is 4.90 Å². The number of nitro benzene ring substituents is 1. The number of carbonyl (C=O) groups excluding carboxylic acids is 2. The van der Waals surface area contributed by atoms with Crippen molar-refractivity contribution in [1.29, 1.82) is 0 Å². The Labute approximate surface area is 158 Å². The van der Waals surface area contributed by atoms with Gasteiger partial charge in [-0.3, -0.25) is 19.7 Å². The summed E-state index contributed by atoms with van der Waals surface area (Å²) in [5.41, 5.74) is 0.402. The number of nitro groups is 1. The Balaban J connectivity index is 1.68. The van der Waals surface area contributed by atoms with Crippen LogP contribution in [0, 0.1) is 10.1 Å². The monoisotopic (exact) mass is 374 g/mol. The third-order valence-electron chi connectivity index (χ3n) is 5.44. The third kappa shape index (κ3) is 4.63. The molecule has 2 amide bonds. The fourth-order valence-corrected chi connectivity index (χ4v) is 4.03. The number of para-hydroxylation sites is 1. The largest absolute Gasteiger partial charge is 0.339 e. The Morgan fingerprint density at radius 2 is 1.85 bits per heavy atom. The van der Waals surface area contributed by atoms with Crippen molar-refractivity contribution in [3.63, 3.8) is 0 Å². The maximum absolute atomic E-state index is 12.8. The summed E-state index contributed by atoms with van der Waals surface area (Å²) in [5, 5.41) is 11.2. The Bertz CT molecular complexity index is 717. The molecule has 2 aliphatic heterocycles. The van der Waals surface area contributed by atoms with Crippen molar-refractivity contribution in [2.24, 2.45) is 0 Å². The SMILES string of the molecule is CC(=O)N1CCN(C(=O)Cc2ccccc2[N+](=O)[O-])CC1CN1CCCC1. The third-order valence-corrected chi connectivity index (χ3v) is 5.44. The van der Waals surface area contributed by atoms with Gasteiger partial charge in [-0.2, -0.15) is 0 Å². The van der Waals surface area contributed by atoms with E-state index in [0.717, 1.165) is 19.6 Å². The molecule has 0 saturated carbocycles. The number of hydrogen-bond acceptors (Lipinski definition) is 5. The number of amides is 2. The molecule has 0 spiro atoms. The molecular weight excluding hydrogens is 348 g/mol. The van der Waals surface area contributed by atoms with Crippen LogP contribution in [0.15, 0.2) is 24.3 Å². The molecule has 8 nitrogen and oxygen atoms in total. The topological polar surface area (TPSA) is 87.0 Å². The van der Waals surface area contributed by atoms with Crippen LogP contribution in [-0.4, -0.2) is 76.7 Å². The van der Waals surface area contributed by atoms with Crippen LogP contribution in [0.4, 0.5) is 5.69 Å². The summed E-state index contributed by atoms with van der Waals surface area (Å²) in [6.07, 6.45) is 2.36. The number of piperazine rings is 1. The van der Waals surface area contributed by atoms with Gasteiger partial charge in [-0.15, -0.1) is 0 Å². The fraction of sp³-hybridized carbons (Fsp3) is 0.579. The Morgan fingerprint density at radius 3 is 2.52 bits per heavy atom. The van der Waals surface area contributed by atoms with Crippen LogP contribution in [0.5, 0.6) is 0 Å². The molecule has 0 bridgehead atoms. The molecule has 0 aromatic heterocycles. The van der Waals surface area contributed by atoms with Gasteiger partial charge in [-0.05, 0) is 25.9 Å². The van der Waals surface area contributed by atoms with Crippen molar-refractivity contribution in [1.82, 2.24) is 14.7 Å². The van der Waals surface area contributed by atoms with Crippen molar-refractivity contribution >= 4 is 17.5 Å². The molecule has 1 aromatic rings. The maximum atomic E-state index is 12.8. The fourth-order valence-electron chi connectivity index (χ4n) is 4.03. The van der Waals surface area contributed by atoms with Gasteiger partial charge < -0.3 is 14.7 Å². The standard InChI is InChI=1S/C19H26N4O4/c1-15(24)22-11-10-21(14-17(22)13-20-8-4-5-9-20)19(25)12-16-6-2-3-7-18(16)23(26)27/h2-3,6-7,17H,4-5,8-14H2,1H3. The van der Waals surface area contributed by atoms with Gasteiger partial charge in [-0.25, -0.2) is 0 Å². The van der Waals surface area contributed by atoms with E-state index in [1.54, 1.807) is 30.0 Å². The lowest BCUT2D eigenvalue weighted by Crippen LogP contribution is -2.59. The van der Waals surface area contributed by atoms with E-state index < -0.39 is 4.92 Å². The number of benzene rings is 1. The van der Waals surface area contributed by atoms with Gasteiger partial charge in [0.25, 0.3) is 5.69 Å². The van der Waals surface area contributed by atoms with Gasteiger partial charge in [0.2, 0.25) is 11.8 Å². The quantitative estimate of drug-likeness (QED) is 0.573. The molecule has 2 heterocycles. The number of hydrogen-bond donors (Lipinski definition) is 0. The lowest BCUT2D eigenvalue weighted by molar-refractivity contribution is -0.385. The van der Waals surface area contributed by atoms with Crippen LogP contribution in [0.25, 0.3) is 0 Å². The van der Waals surface area contributed by atoms with Crippen molar-refractivity contribution in [2.75, 3.05) is 39.3 Å². The number of rotatable bonds is 5. The normalized spacial score (nSPS) is 20.7. The Kier molecular flexibility index (Phi) is 6.05. The van der Waals surface area contributed by atoms with Crippen LogP contribution >= 0.6 is 0 Å². The molecule has 0 radical (unpaired) electrons. The van der Waals surface area contributed by atoms with E-state index in [-0.39, 0.29) is 30.0 Å². The first-order valence-electron chi connectivity index (χ1n) is 9.45. The van der Waals surface area contributed by atoms with Gasteiger partial charge in [0.05, 0.1) is 17.4 Å². The molecule has 0 aliphatic carbocycles. The highest BCUT2D eigenvalue weighted by molar-refractivity contribution is 5.80. The molecular formula is C19H26N4O4. The van der Waals surface area contributed by atoms with Gasteiger partial charge in [-0.1, -0.05) is 18.2 Å². The van der Waals surface area contributed by atoms with E-state index in [1.165, 1.54) is 18.9 Å². The van der Waals surface area contributed by atoms with Crippen LogP contribution in [-0.2, 0) is 16.0 Å². The molecule has 8 heteroatoms. The van der Waals surface area contributed by atoms with Crippen LogP contribution in [0.2, 0.25) is 0 Å². The highest BCUT2D eigenvalue weighted by atomic mass is 16.6. The van der Waals surface area contributed by atoms with Crippen LogP contribution in [0.1, 0.15) is 25.3 Å². The first-order valence-corrected chi connectivity index (χ1v) is 9.45. The smallest absolute Gasteiger partial charge is 0.273 e. The van der Waals surface area contributed by atoms with E-state index in [9.17, 15) is 19.7 Å². The summed E-state index contributed by atoms with van der Waals surface area (Å²) >= 11 is 0. The van der Waals surface area contributed by atoms with E-state index in [4.69, 9.17) is 0 Å². The highest BCUT2D eigenvalue weighted by Gasteiger charge is 2.33. The van der Waals surface area contributed by atoms with E-state index >= 15 is 0 Å². The number of carbonyl (C=O) groups is 2. The number of likely N-dealkylation sites (tertiary alicyclic amines) is 1. The van der Waals surface area contributed by atoms with Gasteiger partial charge in [0.15, 0.2) is 0 Å². The minimum Gasteiger partial charge on any atom is -0.339 e. The minimum atomic E-state index is -0.452. The molecule has 146 valence electrons. The molecule has 1 aromatic carbocycles. The predicted molar refractivity (Wildman–Crippen MR) is 100 cm³/mol. The van der Waals surface area contributed by atoms with Gasteiger partial charge in [0.1, 0.15) is 0 Å². The number of nitrogens with zero attached hydrogens (tertiary/aromatic N) is 4. The summed E-state index contributed by atoms with van der Waals surface area (Å²) in [6.45, 7) is 5.87. The molecule has 0 N–H and O–H groups in total. The van der Waals surface area contributed by atoms with Crippen LogP contribution in [0.3, 0.4) is 0 Å². The summed E-state index contributed by atoms with van der Waals surface area (Å²) in [7, 11) is 0. The van der Waals surface area contributed by atoms with Gasteiger partial charge in [0, 0.05) is 44.7 Å². The molecule has 1 atom stereocenters. The molecule has 3 rings (SSSR count). The zero-order valence-corrected chi connectivity index (χ0v) is 15.7. The second-order valence-electron chi connectivity index (χ2n) is 7.28. The van der Waals surface area contributed by atoms with Crippen molar-refractivity contribution in [3.8, 4) is 0 Å². The van der Waals surface area contributed by atoms with Crippen molar-refractivity contribution in [2.45, 2.75) is 32.2 Å². The summed E-state index contributed by atoms with van der Waals surface area (Å²) < 4.78 is 0. The lowest BCUT2D eigenvalue weighted by atomic mass is 10.1.